The fourth-order valence-electron chi connectivity index (χ4n) is 1.56. The van der Waals surface area contributed by atoms with Crippen molar-refractivity contribution in [2.45, 2.75) is 19.9 Å². The molecule has 1 aromatic carbocycles. The van der Waals surface area contributed by atoms with Crippen LogP contribution in [-0.2, 0) is 6.54 Å². The zero-order valence-electron chi connectivity index (χ0n) is 10.0. The predicted molar refractivity (Wildman–Crippen MR) is 82.3 cm³/mol. The summed E-state index contributed by atoms with van der Waals surface area (Å²) in [4.78, 5) is 5.67. The summed E-state index contributed by atoms with van der Waals surface area (Å²) in [7, 11) is 0. The Balaban J connectivity index is 2.16. The van der Waals surface area contributed by atoms with Crippen LogP contribution < -0.4 is 5.32 Å². The van der Waals surface area contributed by atoms with Crippen LogP contribution in [0, 0.1) is 0 Å². The minimum Gasteiger partial charge on any atom is -0.312 e. The first-order chi connectivity index (χ1) is 8.70. The lowest BCUT2D eigenvalue weighted by Crippen LogP contribution is -2.12. The SMILES string of the molecule is CCCNCc1cnc(-c2cc(Br)ccc2Cl)s1. The topological polar surface area (TPSA) is 24.9 Å². The molecule has 2 nitrogen and oxygen atoms in total. The quantitative estimate of drug-likeness (QED) is 0.793. The normalized spacial score (nSPS) is 10.8. The predicted octanol–water partition coefficient (Wildman–Crippen LogP) is 4.73. The molecule has 1 heterocycles. The van der Waals surface area contributed by atoms with E-state index in [1.54, 1.807) is 11.3 Å². The lowest BCUT2D eigenvalue weighted by Gasteiger charge is -2.01. The van der Waals surface area contributed by atoms with Crippen LogP contribution in [0.1, 0.15) is 18.2 Å². The first-order valence-corrected chi connectivity index (χ1v) is 7.80. The van der Waals surface area contributed by atoms with Gasteiger partial charge in [-0.15, -0.1) is 11.3 Å². The Kier molecular flexibility index (Phi) is 5.18. The Morgan fingerprint density at radius 2 is 2.28 bits per heavy atom. The molecule has 0 saturated carbocycles. The van der Waals surface area contributed by atoms with Crippen molar-refractivity contribution in [2.24, 2.45) is 0 Å². The van der Waals surface area contributed by atoms with Gasteiger partial charge in [-0.05, 0) is 31.2 Å². The molecular formula is C13H14BrClN2S. The highest BCUT2D eigenvalue weighted by Gasteiger charge is 2.09. The van der Waals surface area contributed by atoms with Crippen molar-refractivity contribution in [3.05, 3.63) is 38.8 Å². The molecule has 0 amide bonds. The molecule has 0 aliphatic heterocycles. The van der Waals surface area contributed by atoms with Gasteiger partial charge in [-0.3, -0.25) is 0 Å². The van der Waals surface area contributed by atoms with Crippen molar-refractivity contribution < 1.29 is 0 Å². The monoisotopic (exact) mass is 344 g/mol. The summed E-state index contributed by atoms with van der Waals surface area (Å²) in [5.74, 6) is 0. The van der Waals surface area contributed by atoms with E-state index in [9.17, 15) is 0 Å². The molecule has 2 aromatic rings. The standard InChI is InChI=1S/C13H14BrClN2S/c1-2-5-16-7-10-8-17-13(18-10)11-6-9(14)3-4-12(11)15/h3-4,6,8,16H,2,5,7H2,1H3. The smallest absolute Gasteiger partial charge is 0.125 e. The molecule has 0 unspecified atom stereocenters. The minimum absolute atomic E-state index is 0.737. The summed E-state index contributed by atoms with van der Waals surface area (Å²) in [5.41, 5.74) is 0.984. The number of thiazole rings is 1. The second kappa shape index (κ2) is 6.66. The minimum atomic E-state index is 0.737. The molecule has 0 fully saturated rings. The Hall–Kier alpha value is -0.420. The van der Waals surface area contributed by atoms with Gasteiger partial charge >= 0.3 is 0 Å². The average Bonchev–Trinajstić information content (AvgIpc) is 2.81. The average molecular weight is 346 g/mol. The Morgan fingerprint density at radius 3 is 3.06 bits per heavy atom. The van der Waals surface area contributed by atoms with Crippen molar-refractivity contribution in [2.75, 3.05) is 6.54 Å². The summed E-state index contributed by atoms with van der Waals surface area (Å²) in [6.07, 6.45) is 3.06. The van der Waals surface area contributed by atoms with Gasteiger partial charge in [-0.1, -0.05) is 34.5 Å². The van der Waals surface area contributed by atoms with Crippen LogP contribution in [0.15, 0.2) is 28.9 Å². The Labute approximate surface area is 125 Å². The molecular weight excluding hydrogens is 332 g/mol. The van der Waals surface area contributed by atoms with Crippen molar-refractivity contribution in [1.82, 2.24) is 10.3 Å². The molecule has 1 N–H and O–H groups in total. The van der Waals surface area contributed by atoms with Gasteiger partial charge in [-0.2, -0.15) is 0 Å². The summed E-state index contributed by atoms with van der Waals surface area (Å²) in [6.45, 7) is 4.06. The molecule has 18 heavy (non-hydrogen) atoms. The fraction of sp³-hybridized carbons (Fsp3) is 0.308. The number of hydrogen-bond acceptors (Lipinski definition) is 3. The van der Waals surface area contributed by atoms with Gasteiger partial charge < -0.3 is 5.32 Å². The van der Waals surface area contributed by atoms with E-state index < -0.39 is 0 Å². The molecule has 0 aliphatic rings. The summed E-state index contributed by atoms with van der Waals surface area (Å²) >= 11 is 11.3. The van der Waals surface area contributed by atoms with Crippen molar-refractivity contribution >= 4 is 38.9 Å². The van der Waals surface area contributed by atoms with Crippen LogP contribution in [0.2, 0.25) is 5.02 Å². The van der Waals surface area contributed by atoms with E-state index in [1.165, 1.54) is 4.88 Å². The molecule has 0 aliphatic carbocycles. The highest BCUT2D eigenvalue weighted by molar-refractivity contribution is 9.10. The number of nitrogens with zero attached hydrogens (tertiary/aromatic N) is 1. The van der Waals surface area contributed by atoms with E-state index in [0.717, 1.165) is 39.6 Å². The van der Waals surface area contributed by atoms with E-state index in [1.807, 2.05) is 24.4 Å². The zero-order valence-corrected chi connectivity index (χ0v) is 13.2. The third-order valence-corrected chi connectivity index (χ3v) is 4.29. The van der Waals surface area contributed by atoms with E-state index in [-0.39, 0.29) is 0 Å². The first-order valence-electron chi connectivity index (χ1n) is 5.81. The number of nitrogens with one attached hydrogen (secondary N) is 1. The lowest BCUT2D eigenvalue weighted by atomic mass is 10.2. The largest absolute Gasteiger partial charge is 0.312 e. The molecule has 0 radical (unpaired) electrons. The highest BCUT2D eigenvalue weighted by Crippen LogP contribution is 2.33. The van der Waals surface area contributed by atoms with Gasteiger partial charge in [0.15, 0.2) is 0 Å². The van der Waals surface area contributed by atoms with Crippen molar-refractivity contribution in [3.63, 3.8) is 0 Å². The summed E-state index contributed by atoms with van der Waals surface area (Å²) in [5, 5.41) is 5.07. The maximum atomic E-state index is 6.20. The van der Waals surface area contributed by atoms with Crippen LogP contribution in [0.25, 0.3) is 10.6 Å². The van der Waals surface area contributed by atoms with Gasteiger partial charge in [-0.25, -0.2) is 4.98 Å². The lowest BCUT2D eigenvalue weighted by molar-refractivity contribution is 0.681. The highest BCUT2D eigenvalue weighted by atomic mass is 79.9. The summed E-state index contributed by atoms with van der Waals surface area (Å²) < 4.78 is 1.02. The van der Waals surface area contributed by atoms with Crippen LogP contribution in [0.4, 0.5) is 0 Å². The van der Waals surface area contributed by atoms with Gasteiger partial charge in [0, 0.05) is 27.7 Å². The van der Waals surface area contributed by atoms with Gasteiger partial charge in [0.2, 0.25) is 0 Å². The van der Waals surface area contributed by atoms with Crippen molar-refractivity contribution in [1.29, 1.82) is 0 Å². The first kappa shape index (κ1) is 14.0. The van der Waals surface area contributed by atoms with E-state index in [0.29, 0.717) is 0 Å². The number of halogens is 2. The molecule has 0 saturated heterocycles. The van der Waals surface area contributed by atoms with Gasteiger partial charge in [0.25, 0.3) is 0 Å². The van der Waals surface area contributed by atoms with Crippen molar-refractivity contribution in [3.8, 4) is 10.6 Å². The third kappa shape index (κ3) is 3.54. The summed E-state index contributed by atoms with van der Waals surface area (Å²) in [6, 6.07) is 5.82. The third-order valence-electron chi connectivity index (χ3n) is 2.44. The molecule has 96 valence electrons. The van der Waals surface area contributed by atoms with Crippen LogP contribution in [0.5, 0.6) is 0 Å². The van der Waals surface area contributed by atoms with Crippen LogP contribution in [-0.4, -0.2) is 11.5 Å². The second-order valence-corrected chi connectivity index (χ2v) is 6.37. The fourth-order valence-corrected chi connectivity index (χ4v) is 3.10. The number of aromatic nitrogens is 1. The van der Waals surface area contributed by atoms with E-state index in [2.05, 4.69) is 33.2 Å². The van der Waals surface area contributed by atoms with E-state index >= 15 is 0 Å². The Bertz CT molecular complexity index is 527. The second-order valence-electron chi connectivity index (χ2n) is 3.93. The molecule has 2 rings (SSSR count). The maximum absolute atomic E-state index is 6.20. The maximum Gasteiger partial charge on any atom is 0.125 e. The molecule has 0 atom stereocenters. The molecule has 0 spiro atoms. The molecule has 1 aromatic heterocycles. The van der Waals surface area contributed by atoms with Crippen LogP contribution >= 0.6 is 38.9 Å². The number of benzene rings is 1. The number of hydrogen-bond donors (Lipinski definition) is 1. The molecule has 5 heteroatoms. The number of rotatable bonds is 5. The van der Waals surface area contributed by atoms with Gasteiger partial charge in [0.1, 0.15) is 5.01 Å². The van der Waals surface area contributed by atoms with Gasteiger partial charge in [0.05, 0.1) is 5.02 Å². The van der Waals surface area contributed by atoms with Crippen LogP contribution in [0.3, 0.4) is 0 Å². The zero-order chi connectivity index (χ0) is 13.0. The van der Waals surface area contributed by atoms with E-state index in [4.69, 9.17) is 11.6 Å². The Morgan fingerprint density at radius 1 is 1.44 bits per heavy atom. The molecule has 0 bridgehead atoms.